The molecular formula is C11H10O. The summed E-state index contributed by atoms with van der Waals surface area (Å²) in [6.45, 7) is 2.15. The molecular weight excluding hydrogens is 148 g/mol. The first-order chi connectivity index (χ1) is 5.86. The predicted octanol–water partition coefficient (Wildman–Crippen LogP) is 2.68. The summed E-state index contributed by atoms with van der Waals surface area (Å²) in [4.78, 5) is 0. The molecule has 2 bridgehead atoms. The topological polar surface area (TPSA) is 9.23 Å². The van der Waals surface area contributed by atoms with E-state index in [1.165, 1.54) is 16.7 Å². The van der Waals surface area contributed by atoms with Crippen LogP contribution in [0.3, 0.4) is 0 Å². The molecule has 0 spiro atoms. The molecule has 2 aliphatic rings. The van der Waals surface area contributed by atoms with E-state index in [9.17, 15) is 0 Å². The van der Waals surface area contributed by atoms with Crippen molar-refractivity contribution < 1.29 is 4.74 Å². The molecule has 60 valence electrons. The standard InChI is InChI=1S/C11H10O/c1-7-3-2-4-8-9-5-6-10(12-9)11(7)8/h2-6,9-10H,1H3. The Balaban J connectivity index is 2.30. The van der Waals surface area contributed by atoms with Gasteiger partial charge in [-0.2, -0.15) is 0 Å². The first-order valence-corrected chi connectivity index (χ1v) is 4.29. The molecule has 1 heteroatoms. The van der Waals surface area contributed by atoms with Crippen molar-refractivity contribution in [1.82, 2.24) is 0 Å². The van der Waals surface area contributed by atoms with E-state index in [0.29, 0.717) is 0 Å². The quantitative estimate of drug-likeness (QED) is 0.527. The Hall–Kier alpha value is -1.08. The Labute approximate surface area is 71.7 Å². The number of hydrogen-bond acceptors (Lipinski definition) is 1. The lowest BCUT2D eigenvalue weighted by atomic mass is 9.93. The van der Waals surface area contributed by atoms with Gasteiger partial charge in [0, 0.05) is 0 Å². The van der Waals surface area contributed by atoms with Crippen molar-refractivity contribution in [2.45, 2.75) is 19.1 Å². The van der Waals surface area contributed by atoms with Gasteiger partial charge in [-0.25, -0.2) is 0 Å². The molecule has 2 heterocycles. The number of benzene rings is 1. The molecule has 0 aliphatic carbocycles. The normalized spacial score (nSPS) is 29.4. The summed E-state index contributed by atoms with van der Waals surface area (Å²) >= 11 is 0. The summed E-state index contributed by atoms with van der Waals surface area (Å²) in [5, 5.41) is 0. The molecule has 3 rings (SSSR count). The average molecular weight is 158 g/mol. The summed E-state index contributed by atoms with van der Waals surface area (Å²) in [6.07, 6.45) is 4.78. The van der Waals surface area contributed by atoms with Crippen molar-refractivity contribution in [2.24, 2.45) is 0 Å². The summed E-state index contributed by atoms with van der Waals surface area (Å²) in [7, 11) is 0. The highest BCUT2D eigenvalue weighted by Gasteiger charge is 2.33. The van der Waals surface area contributed by atoms with Gasteiger partial charge < -0.3 is 4.74 Å². The lowest BCUT2D eigenvalue weighted by molar-refractivity contribution is 0.0877. The fraction of sp³-hybridized carbons (Fsp3) is 0.273. The molecule has 1 nitrogen and oxygen atoms in total. The smallest absolute Gasteiger partial charge is 0.103 e. The predicted molar refractivity (Wildman–Crippen MR) is 46.9 cm³/mol. The molecule has 2 unspecified atom stereocenters. The van der Waals surface area contributed by atoms with Crippen LogP contribution in [0.25, 0.3) is 0 Å². The zero-order chi connectivity index (χ0) is 8.13. The van der Waals surface area contributed by atoms with Crippen LogP contribution < -0.4 is 0 Å². The first-order valence-electron chi connectivity index (χ1n) is 4.29. The summed E-state index contributed by atoms with van der Waals surface area (Å²) in [5.41, 5.74) is 4.11. The highest BCUT2D eigenvalue weighted by atomic mass is 16.5. The molecule has 0 saturated carbocycles. The Morgan fingerprint density at radius 1 is 1.17 bits per heavy atom. The molecule has 0 radical (unpaired) electrons. The molecule has 0 amide bonds. The van der Waals surface area contributed by atoms with E-state index in [1.54, 1.807) is 0 Å². The lowest BCUT2D eigenvalue weighted by Crippen LogP contribution is -1.95. The second kappa shape index (κ2) is 1.99. The minimum Gasteiger partial charge on any atom is -0.357 e. The SMILES string of the molecule is Cc1cccc2c1C1C=CC2O1. The minimum absolute atomic E-state index is 0.241. The summed E-state index contributed by atoms with van der Waals surface area (Å²) < 4.78 is 5.71. The molecule has 0 aromatic heterocycles. The van der Waals surface area contributed by atoms with Crippen molar-refractivity contribution in [3.05, 3.63) is 47.0 Å². The largest absolute Gasteiger partial charge is 0.357 e. The van der Waals surface area contributed by atoms with Crippen LogP contribution in [0.5, 0.6) is 0 Å². The van der Waals surface area contributed by atoms with Crippen molar-refractivity contribution in [3.63, 3.8) is 0 Å². The van der Waals surface area contributed by atoms with Gasteiger partial charge in [0.2, 0.25) is 0 Å². The second-order valence-corrected chi connectivity index (χ2v) is 3.44. The van der Waals surface area contributed by atoms with Crippen molar-refractivity contribution in [2.75, 3.05) is 0 Å². The van der Waals surface area contributed by atoms with E-state index in [2.05, 4.69) is 37.3 Å². The molecule has 1 aromatic carbocycles. The van der Waals surface area contributed by atoms with Crippen molar-refractivity contribution in [3.8, 4) is 0 Å². The van der Waals surface area contributed by atoms with Crippen LogP contribution in [-0.4, -0.2) is 0 Å². The second-order valence-electron chi connectivity index (χ2n) is 3.44. The van der Waals surface area contributed by atoms with Gasteiger partial charge in [0.25, 0.3) is 0 Å². The fourth-order valence-corrected chi connectivity index (χ4v) is 2.13. The maximum atomic E-state index is 5.71. The number of hydrogen-bond donors (Lipinski definition) is 0. The molecule has 1 aromatic rings. The maximum absolute atomic E-state index is 5.71. The van der Waals surface area contributed by atoms with Gasteiger partial charge >= 0.3 is 0 Å². The van der Waals surface area contributed by atoms with Crippen LogP contribution in [0.15, 0.2) is 30.4 Å². The summed E-state index contributed by atoms with van der Waals surface area (Å²) in [5.74, 6) is 0. The Morgan fingerprint density at radius 2 is 2.00 bits per heavy atom. The highest BCUT2D eigenvalue weighted by molar-refractivity contribution is 5.47. The first kappa shape index (κ1) is 6.44. The molecule has 2 atom stereocenters. The van der Waals surface area contributed by atoms with E-state index >= 15 is 0 Å². The average Bonchev–Trinajstić information content (AvgIpc) is 2.64. The monoisotopic (exact) mass is 158 g/mol. The van der Waals surface area contributed by atoms with Gasteiger partial charge in [-0.15, -0.1) is 0 Å². The van der Waals surface area contributed by atoms with Crippen molar-refractivity contribution in [1.29, 1.82) is 0 Å². The summed E-state index contributed by atoms with van der Waals surface area (Å²) in [6, 6.07) is 6.42. The van der Waals surface area contributed by atoms with Crippen LogP contribution in [0.1, 0.15) is 28.9 Å². The van der Waals surface area contributed by atoms with Crippen LogP contribution in [-0.2, 0) is 4.74 Å². The number of aryl methyl sites for hydroxylation is 1. The third-order valence-corrected chi connectivity index (χ3v) is 2.70. The molecule has 0 fully saturated rings. The lowest BCUT2D eigenvalue weighted by Gasteiger charge is -2.08. The number of fused-ring (bicyclic) bond motifs is 5. The Morgan fingerprint density at radius 3 is 2.83 bits per heavy atom. The van der Waals surface area contributed by atoms with Gasteiger partial charge in [-0.1, -0.05) is 30.4 Å². The number of rotatable bonds is 0. The van der Waals surface area contributed by atoms with Gasteiger partial charge in [-0.05, 0) is 23.6 Å². The zero-order valence-electron chi connectivity index (χ0n) is 6.95. The van der Waals surface area contributed by atoms with Crippen LogP contribution in [0.4, 0.5) is 0 Å². The van der Waals surface area contributed by atoms with E-state index in [0.717, 1.165) is 0 Å². The molecule has 0 N–H and O–H groups in total. The maximum Gasteiger partial charge on any atom is 0.103 e. The van der Waals surface area contributed by atoms with E-state index in [1.807, 2.05) is 0 Å². The third-order valence-electron chi connectivity index (χ3n) is 2.70. The van der Waals surface area contributed by atoms with Gasteiger partial charge in [-0.3, -0.25) is 0 Å². The molecule has 2 aliphatic heterocycles. The van der Waals surface area contributed by atoms with Crippen molar-refractivity contribution >= 4 is 0 Å². The Kier molecular flexibility index (Phi) is 1.07. The zero-order valence-corrected chi connectivity index (χ0v) is 6.95. The van der Waals surface area contributed by atoms with Gasteiger partial charge in [0.05, 0.1) is 0 Å². The van der Waals surface area contributed by atoms with Gasteiger partial charge in [0.1, 0.15) is 12.2 Å². The number of ether oxygens (including phenoxy) is 1. The van der Waals surface area contributed by atoms with Crippen LogP contribution in [0.2, 0.25) is 0 Å². The molecule has 12 heavy (non-hydrogen) atoms. The minimum atomic E-state index is 0.241. The van der Waals surface area contributed by atoms with E-state index in [4.69, 9.17) is 4.74 Å². The highest BCUT2D eigenvalue weighted by Crippen LogP contribution is 2.46. The fourth-order valence-electron chi connectivity index (χ4n) is 2.13. The van der Waals surface area contributed by atoms with Crippen LogP contribution in [0, 0.1) is 6.92 Å². The van der Waals surface area contributed by atoms with E-state index in [-0.39, 0.29) is 12.2 Å². The Bertz CT molecular complexity index is 365. The molecule has 0 saturated heterocycles. The van der Waals surface area contributed by atoms with E-state index < -0.39 is 0 Å². The third kappa shape index (κ3) is 0.625. The van der Waals surface area contributed by atoms with Crippen LogP contribution >= 0.6 is 0 Å². The van der Waals surface area contributed by atoms with Gasteiger partial charge in [0.15, 0.2) is 0 Å².